The molecular weight excluding hydrogens is 674 g/mol. The van der Waals surface area contributed by atoms with Crippen molar-refractivity contribution in [2.75, 3.05) is 36.8 Å². The van der Waals surface area contributed by atoms with Crippen molar-refractivity contribution >= 4 is 46.2 Å². The van der Waals surface area contributed by atoms with E-state index < -0.39 is 29.7 Å². The number of nitrogens with one attached hydrogen (secondary N) is 1. The number of imide groups is 2. The predicted octanol–water partition coefficient (Wildman–Crippen LogP) is 3.79. The van der Waals surface area contributed by atoms with E-state index in [1.54, 1.807) is 12.1 Å². The highest BCUT2D eigenvalue weighted by Gasteiger charge is 2.56. The maximum atomic E-state index is 13.3. The minimum Gasteiger partial charge on any atom is -0.457 e. The molecule has 1 spiro atoms. The monoisotopic (exact) mass is 709 g/mol. The van der Waals surface area contributed by atoms with Crippen LogP contribution in [0.2, 0.25) is 0 Å². The second kappa shape index (κ2) is 11.7. The van der Waals surface area contributed by atoms with Crippen LogP contribution in [-0.2, 0) is 9.59 Å². The summed E-state index contributed by atoms with van der Waals surface area (Å²) in [6, 6.07) is 22.5. The molecule has 2 aromatic heterocycles. The van der Waals surface area contributed by atoms with Gasteiger partial charge in [-0.1, -0.05) is 18.2 Å². The summed E-state index contributed by atoms with van der Waals surface area (Å²) in [5.41, 5.74) is 10.6. The summed E-state index contributed by atoms with van der Waals surface area (Å²) in [6.07, 6.45) is 3.75. The Morgan fingerprint density at radius 1 is 0.830 bits per heavy atom. The second-order valence-corrected chi connectivity index (χ2v) is 14.9. The molecule has 4 fully saturated rings. The summed E-state index contributed by atoms with van der Waals surface area (Å²) in [5, 5.41) is 8.07. The van der Waals surface area contributed by atoms with E-state index in [1.165, 1.54) is 6.33 Å². The summed E-state index contributed by atoms with van der Waals surface area (Å²) in [4.78, 5) is 65.1. The Bertz CT molecular complexity index is 2340. The van der Waals surface area contributed by atoms with Gasteiger partial charge in [0.25, 0.3) is 11.8 Å². The fourth-order valence-electron chi connectivity index (χ4n) is 8.75. The summed E-state index contributed by atoms with van der Waals surface area (Å²) >= 11 is 0. The predicted molar refractivity (Wildman–Crippen MR) is 193 cm³/mol. The number of amides is 4. The summed E-state index contributed by atoms with van der Waals surface area (Å²) < 4.78 is 8.02. The molecule has 14 heteroatoms. The Kier molecular flexibility index (Phi) is 6.96. The molecule has 4 amide bonds. The van der Waals surface area contributed by atoms with Crippen molar-refractivity contribution in [3.8, 4) is 22.8 Å². The van der Waals surface area contributed by atoms with Crippen molar-refractivity contribution < 1.29 is 23.9 Å². The van der Waals surface area contributed by atoms with Crippen molar-refractivity contribution in [1.29, 1.82) is 0 Å². The zero-order valence-electron chi connectivity index (χ0n) is 28.6. The van der Waals surface area contributed by atoms with Crippen LogP contribution >= 0.6 is 0 Å². The van der Waals surface area contributed by atoms with E-state index in [1.807, 2.05) is 65.3 Å². The number of fused-ring (bicyclic) bond motifs is 2. The molecule has 5 aromatic rings. The molecule has 6 heterocycles. The van der Waals surface area contributed by atoms with Crippen LogP contribution in [0.3, 0.4) is 0 Å². The fraction of sp³-hybridized carbons (Fsp3) is 0.308. The van der Waals surface area contributed by atoms with Gasteiger partial charge in [0, 0.05) is 49.9 Å². The maximum Gasteiger partial charge on any atom is 0.262 e. The van der Waals surface area contributed by atoms with E-state index in [2.05, 4.69) is 25.1 Å². The smallest absolute Gasteiger partial charge is 0.262 e. The topological polar surface area (TPSA) is 169 Å². The third kappa shape index (κ3) is 5.07. The number of nitrogens with zero attached hydrogens (tertiary/aromatic N) is 7. The van der Waals surface area contributed by atoms with Crippen molar-refractivity contribution in [1.82, 2.24) is 34.9 Å². The van der Waals surface area contributed by atoms with Crippen molar-refractivity contribution in [2.45, 2.75) is 43.8 Å². The van der Waals surface area contributed by atoms with E-state index in [0.29, 0.717) is 23.0 Å². The number of aromatic nitrogens is 4. The molecule has 1 unspecified atom stereocenters. The molecule has 0 bridgehead atoms. The Balaban J connectivity index is 0.774. The molecule has 0 radical (unpaired) electrons. The third-order valence-corrected chi connectivity index (χ3v) is 11.6. The molecule has 1 aliphatic carbocycles. The molecule has 1 atom stereocenters. The van der Waals surface area contributed by atoms with Crippen LogP contribution in [-0.4, -0.2) is 91.4 Å². The minimum absolute atomic E-state index is 0.0927. The van der Waals surface area contributed by atoms with E-state index in [4.69, 9.17) is 15.6 Å². The number of anilines is 2. The summed E-state index contributed by atoms with van der Waals surface area (Å²) in [7, 11) is 0. The normalized spacial score (nSPS) is 21.4. The van der Waals surface area contributed by atoms with Crippen molar-refractivity contribution in [3.05, 3.63) is 90.3 Å². The largest absolute Gasteiger partial charge is 0.457 e. The van der Waals surface area contributed by atoms with Crippen LogP contribution in [0.4, 0.5) is 11.5 Å². The highest BCUT2D eigenvalue weighted by Crippen LogP contribution is 2.55. The van der Waals surface area contributed by atoms with Crippen molar-refractivity contribution in [3.63, 3.8) is 0 Å². The van der Waals surface area contributed by atoms with Gasteiger partial charge in [0.15, 0.2) is 5.65 Å². The standard InChI is InChI=1S/C39H35N9O5/c40-34-32-33(22-6-9-27(10-7-22)53-26-4-2-1-3-5-26)44-48(35(32)42-21-41-34)24-15-39(16-24)19-46(20-39)25-17-45(18-25)23-8-11-28-29(14-23)38(52)47(37(28)51)30-12-13-31(49)43-36(30)50/h1-11,14,21,24-25,30H,12-13,15-20H2,(H2,40,41,42)(H,43,49,50). The lowest BCUT2D eigenvalue weighted by molar-refractivity contribution is -0.136. The van der Waals surface area contributed by atoms with Gasteiger partial charge in [-0.3, -0.25) is 34.3 Å². The van der Waals surface area contributed by atoms with Crippen molar-refractivity contribution in [2.24, 2.45) is 5.41 Å². The molecule has 3 aromatic carbocycles. The Labute approximate surface area is 303 Å². The lowest BCUT2D eigenvalue weighted by Crippen LogP contribution is -2.71. The van der Waals surface area contributed by atoms with Crippen LogP contribution in [0, 0.1) is 5.41 Å². The van der Waals surface area contributed by atoms with E-state index in [-0.39, 0.29) is 24.3 Å². The van der Waals surface area contributed by atoms with Crippen LogP contribution in [0.1, 0.15) is 52.4 Å². The summed E-state index contributed by atoms with van der Waals surface area (Å²) in [5.74, 6) is -0.0637. The third-order valence-electron chi connectivity index (χ3n) is 11.6. The quantitative estimate of drug-likeness (QED) is 0.236. The number of hydrogen-bond donors (Lipinski definition) is 2. The molecule has 5 aliphatic rings. The molecule has 266 valence electrons. The molecule has 3 N–H and O–H groups in total. The van der Waals surface area contributed by atoms with Crippen LogP contribution in [0.25, 0.3) is 22.3 Å². The Morgan fingerprint density at radius 3 is 2.32 bits per heavy atom. The van der Waals surface area contributed by atoms with Gasteiger partial charge in [-0.2, -0.15) is 5.10 Å². The van der Waals surface area contributed by atoms with Crippen LogP contribution in [0.15, 0.2) is 79.1 Å². The first-order valence-electron chi connectivity index (χ1n) is 17.9. The first-order valence-corrected chi connectivity index (χ1v) is 17.9. The van der Waals surface area contributed by atoms with E-state index in [9.17, 15) is 19.2 Å². The molecule has 14 nitrogen and oxygen atoms in total. The zero-order valence-corrected chi connectivity index (χ0v) is 28.6. The van der Waals surface area contributed by atoms with Gasteiger partial charge in [0.1, 0.15) is 35.4 Å². The molecular formula is C39H35N9O5. The lowest BCUT2D eigenvalue weighted by Gasteiger charge is -2.63. The van der Waals surface area contributed by atoms with Gasteiger partial charge in [-0.05, 0) is 79.3 Å². The molecule has 1 saturated carbocycles. The fourth-order valence-corrected chi connectivity index (χ4v) is 8.75. The molecule has 4 aliphatic heterocycles. The number of nitrogens with two attached hydrogens (primary N) is 1. The summed E-state index contributed by atoms with van der Waals surface area (Å²) in [6.45, 7) is 3.70. The number of carbonyl (C=O) groups excluding carboxylic acids is 4. The van der Waals surface area contributed by atoms with E-state index in [0.717, 1.165) is 83.4 Å². The van der Waals surface area contributed by atoms with E-state index >= 15 is 0 Å². The molecule has 53 heavy (non-hydrogen) atoms. The second-order valence-electron chi connectivity index (χ2n) is 14.9. The Hall–Kier alpha value is -6.15. The van der Waals surface area contributed by atoms with Gasteiger partial charge in [-0.25, -0.2) is 14.6 Å². The number of rotatable bonds is 7. The lowest BCUT2D eigenvalue weighted by atomic mass is 9.60. The molecule has 3 saturated heterocycles. The van der Waals surface area contributed by atoms with Gasteiger partial charge in [-0.15, -0.1) is 0 Å². The number of para-hydroxylation sites is 1. The number of nitrogen functional groups attached to an aromatic ring is 1. The van der Waals surface area contributed by atoms with Crippen LogP contribution in [0.5, 0.6) is 11.5 Å². The Morgan fingerprint density at radius 2 is 1.57 bits per heavy atom. The highest BCUT2D eigenvalue weighted by atomic mass is 16.5. The average molecular weight is 710 g/mol. The highest BCUT2D eigenvalue weighted by molar-refractivity contribution is 6.23. The number of carbonyl (C=O) groups is 4. The first-order chi connectivity index (χ1) is 25.7. The van der Waals surface area contributed by atoms with Crippen LogP contribution < -0.4 is 20.7 Å². The van der Waals surface area contributed by atoms with Gasteiger partial charge < -0.3 is 15.4 Å². The maximum absolute atomic E-state index is 13.3. The first kappa shape index (κ1) is 31.6. The number of piperidine rings is 1. The van der Waals surface area contributed by atoms with Gasteiger partial charge in [0.2, 0.25) is 11.8 Å². The number of benzene rings is 3. The zero-order chi connectivity index (χ0) is 36.0. The SMILES string of the molecule is Nc1ncnc2c1c(-c1ccc(Oc3ccccc3)cc1)nn2C1CC2(C1)CN(C1CN(c3ccc4c(c3)C(=O)N(C3CCC(=O)NC3=O)C4=O)C1)C2. The number of likely N-dealkylation sites (tertiary alicyclic amines) is 1. The number of ether oxygens (including phenoxy) is 1. The molecule has 10 rings (SSSR count). The average Bonchev–Trinajstić information content (AvgIpc) is 3.60. The number of hydrogen-bond acceptors (Lipinski definition) is 11. The van der Waals surface area contributed by atoms with Gasteiger partial charge >= 0.3 is 0 Å². The minimum atomic E-state index is -0.972. The van der Waals surface area contributed by atoms with Gasteiger partial charge in [0.05, 0.1) is 22.6 Å².